The van der Waals surface area contributed by atoms with Crippen molar-refractivity contribution in [3.8, 4) is 6.07 Å². The van der Waals surface area contributed by atoms with Crippen molar-refractivity contribution in [2.75, 3.05) is 11.4 Å². The first-order valence-corrected chi connectivity index (χ1v) is 6.51. The van der Waals surface area contributed by atoms with Gasteiger partial charge in [-0.05, 0) is 50.8 Å². The van der Waals surface area contributed by atoms with Crippen LogP contribution >= 0.6 is 0 Å². The van der Waals surface area contributed by atoms with Gasteiger partial charge in [0.15, 0.2) is 0 Å². The summed E-state index contributed by atoms with van der Waals surface area (Å²) in [5, 5.41) is 18.8. The number of hydrogen-bond donors (Lipinski definition) is 1. The van der Waals surface area contributed by atoms with Crippen LogP contribution in [0.2, 0.25) is 0 Å². The van der Waals surface area contributed by atoms with E-state index in [4.69, 9.17) is 0 Å². The van der Waals surface area contributed by atoms with Gasteiger partial charge in [-0.3, -0.25) is 0 Å². The molecule has 1 saturated heterocycles. The molecule has 0 aliphatic carbocycles. The highest BCUT2D eigenvalue weighted by atomic mass is 16.4. The Balaban J connectivity index is 2.50. The lowest BCUT2D eigenvalue weighted by Gasteiger charge is -2.43. The van der Waals surface area contributed by atoms with Crippen molar-refractivity contribution < 1.29 is 9.90 Å². The van der Waals surface area contributed by atoms with Gasteiger partial charge in [-0.2, -0.15) is 5.26 Å². The van der Waals surface area contributed by atoms with E-state index >= 15 is 0 Å². The first-order chi connectivity index (χ1) is 8.99. The predicted molar refractivity (Wildman–Crippen MR) is 73.1 cm³/mol. The third kappa shape index (κ3) is 2.28. The largest absolute Gasteiger partial charge is 0.480 e. The molecule has 1 aliphatic rings. The molecule has 19 heavy (non-hydrogen) atoms. The molecule has 0 amide bonds. The number of hydrogen-bond acceptors (Lipinski definition) is 3. The normalized spacial score (nSPS) is 22.9. The van der Waals surface area contributed by atoms with Crippen LogP contribution in [0.4, 0.5) is 5.69 Å². The van der Waals surface area contributed by atoms with Crippen LogP contribution in [0.15, 0.2) is 18.2 Å². The van der Waals surface area contributed by atoms with E-state index in [1.165, 1.54) is 0 Å². The number of nitrogens with zero attached hydrogens (tertiary/aromatic N) is 2. The molecule has 0 radical (unpaired) electrons. The second-order valence-corrected chi connectivity index (χ2v) is 5.32. The van der Waals surface area contributed by atoms with E-state index in [9.17, 15) is 15.2 Å². The van der Waals surface area contributed by atoms with Crippen molar-refractivity contribution in [3.05, 3.63) is 29.3 Å². The maximum atomic E-state index is 11.6. The van der Waals surface area contributed by atoms with Crippen molar-refractivity contribution in [3.63, 3.8) is 0 Å². The zero-order valence-electron chi connectivity index (χ0n) is 11.3. The summed E-state index contributed by atoms with van der Waals surface area (Å²) in [4.78, 5) is 13.5. The SMILES string of the molecule is Cc1ccc(N2CCCCC2(C)C(=O)O)c(C#N)c1. The third-order valence-electron chi connectivity index (χ3n) is 3.92. The minimum atomic E-state index is -0.918. The van der Waals surface area contributed by atoms with Gasteiger partial charge < -0.3 is 10.0 Å². The molecule has 0 bridgehead atoms. The highest BCUT2D eigenvalue weighted by molar-refractivity contribution is 5.84. The molecule has 1 N–H and O–H groups in total. The van der Waals surface area contributed by atoms with E-state index < -0.39 is 11.5 Å². The van der Waals surface area contributed by atoms with Gasteiger partial charge in [0.2, 0.25) is 0 Å². The summed E-state index contributed by atoms with van der Waals surface area (Å²) in [6, 6.07) is 7.77. The molecule has 1 aromatic carbocycles. The lowest BCUT2D eigenvalue weighted by atomic mass is 9.87. The van der Waals surface area contributed by atoms with E-state index in [-0.39, 0.29) is 0 Å². The van der Waals surface area contributed by atoms with Crippen molar-refractivity contribution >= 4 is 11.7 Å². The van der Waals surface area contributed by atoms with Crippen LogP contribution in [-0.4, -0.2) is 23.2 Å². The second-order valence-electron chi connectivity index (χ2n) is 5.32. The molecule has 1 fully saturated rings. The maximum absolute atomic E-state index is 11.6. The van der Waals surface area contributed by atoms with Crippen LogP contribution in [0.3, 0.4) is 0 Å². The van der Waals surface area contributed by atoms with Gasteiger partial charge >= 0.3 is 5.97 Å². The van der Waals surface area contributed by atoms with Gasteiger partial charge in [0, 0.05) is 6.54 Å². The molecule has 1 aromatic rings. The second kappa shape index (κ2) is 4.93. The fraction of sp³-hybridized carbons (Fsp3) is 0.467. The molecule has 0 aromatic heterocycles. The molecule has 4 heteroatoms. The first kappa shape index (κ1) is 13.4. The fourth-order valence-corrected chi connectivity index (χ4v) is 2.70. The Morgan fingerprint density at radius 2 is 2.21 bits per heavy atom. The van der Waals surface area contributed by atoms with Crippen molar-refractivity contribution in [1.29, 1.82) is 5.26 Å². The number of carbonyl (C=O) groups is 1. The van der Waals surface area contributed by atoms with Crippen molar-refractivity contribution in [2.45, 2.75) is 38.6 Å². The van der Waals surface area contributed by atoms with E-state index in [2.05, 4.69) is 6.07 Å². The molecule has 0 saturated carbocycles. The monoisotopic (exact) mass is 258 g/mol. The summed E-state index contributed by atoms with van der Waals surface area (Å²) >= 11 is 0. The van der Waals surface area contributed by atoms with Crippen LogP contribution < -0.4 is 4.90 Å². The van der Waals surface area contributed by atoms with Gasteiger partial charge in [-0.15, -0.1) is 0 Å². The topological polar surface area (TPSA) is 64.3 Å². The number of benzene rings is 1. The highest BCUT2D eigenvalue weighted by Crippen LogP contribution is 2.35. The standard InChI is InChI=1S/C15H18N2O2/c1-11-5-6-13(12(9-11)10-16)17-8-4-3-7-15(17,2)14(18)19/h5-6,9H,3-4,7-8H2,1-2H3,(H,18,19). The van der Waals surface area contributed by atoms with E-state index in [0.29, 0.717) is 18.5 Å². The zero-order chi connectivity index (χ0) is 14.0. The third-order valence-corrected chi connectivity index (χ3v) is 3.92. The zero-order valence-corrected chi connectivity index (χ0v) is 11.3. The van der Waals surface area contributed by atoms with E-state index in [1.807, 2.05) is 30.0 Å². The quantitative estimate of drug-likeness (QED) is 0.885. The molecule has 1 aliphatic heterocycles. The van der Waals surface area contributed by atoms with Gasteiger partial charge in [0.05, 0.1) is 11.3 Å². The number of piperidine rings is 1. The van der Waals surface area contributed by atoms with Crippen LogP contribution in [0.1, 0.15) is 37.3 Å². The van der Waals surface area contributed by atoms with Crippen LogP contribution in [0.25, 0.3) is 0 Å². The molecule has 1 atom stereocenters. The summed E-state index contributed by atoms with van der Waals surface area (Å²) in [6.45, 7) is 4.35. The summed E-state index contributed by atoms with van der Waals surface area (Å²) in [6.07, 6.45) is 2.48. The Morgan fingerprint density at radius 1 is 1.47 bits per heavy atom. The van der Waals surface area contributed by atoms with E-state index in [1.54, 1.807) is 6.92 Å². The molecule has 0 spiro atoms. The Bertz CT molecular complexity index is 548. The number of aliphatic carboxylic acids is 1. The van der Waals surface area contributed by atoms with E-state index in [0.717, 1.165) is 24.1 Å². The van der Waals surface area contributed by atoms with Gasteiger partial charge in [0.1, 0.15) is 11.6 Å². The molecule has 100 valence electrons. The summed E-state index contributed by atoms with van der Waals surface area (Å²) < 4.78 is 0. The average molecular weight is 258 g/mol. The van der Waals surface area contributed by atoms with Gasteiger partial charge in [-0.1, -0.05) is 6.07 Å². The Kier molecular flexibility index (Phi) is 3.48. The number of carboxylic acids is 1. The molecular formula is C15H18N2O2. The Hall–Kier alpha value is -2.02. The molecule has 1 heterocycles. The first-order valence-electron chi connectivity index (χ1n) is 6.51. The van der Waals surface area contributed by atoms with Gasteiger partial charge in [0.25, 0.3) is 0 Å². The highest BCUT2D eigenvalue weighted by Gasteiger charge is 2.42. The smallest absolute Gasteiger partial charge is 0.329 e. The number of rotatable bonds is 2. The predicted octanol–water partition coefficient (Wildman–Crippen LogP) is 2.70. The lowest BCUT2D eigenvalue weighted by Crippen LogP contribution is -2.55. The van der Waals surface area contributed by atoms with Crippen molar-refractivity contribution in [2.24, 2.45) is 0 Å². The summed E-state index contributed by atoms with van der Waals surface area (Å²) in [7, 11) is 0. The molecular weight excluding hydrogens is 240 g/mol. The minimum absolute atomic E-state index is 0.550. The summed E-state index contributed by atoms with van der Waals surface area (Å²) in [5.74, 6) is -0.823. The lowest BCUT2D eigenvalue weighted by molar-refractivity contribution is -0.143. The number of carboxylic acid groups (broad SMARTS) is 1. The van der Waals surface area contributed by atoms with Crippen LogP contribution in [0.5, 0.6) is 0 Å². The average Bonchev–Trinajstić information content (AvgIpc) is 2.39. The van der Waals surface area contributed by atoms with Gasteiger partial charge in [-0.25, -0.2) is 4.79 Å². The maximum Gasteiger partial charge on any atom is 0.329 e. The summed E-state index contributed by atoms with van der Waals surface area (Å²) in [5.41, 5.74) is 1.38. The molecule has 2 rings (SSSR count). The molecule has 1 unspecified atom stereocenters. The minimum Gasteiger partial charge on any atom is -0.480 e. The fourth-order valence-electron chi connectivity index (χ4n) is 2.70. The number of aryl methyl sites for hydroxylation is 1. The number of anilines is 1. The Morgan fingerprint density at radius 3 is 2.84 bits per heavy atom. The van der Waals surface area contributed by atoms with Crippen LogP contribution in [-0.2, 0) is 4.79 Å². The van der Waals surface area contributed by atoms with Crippen molar-refractivity contribution in [1.82, 2.24) is 0 Å². The van der Waals surface area contributed by atoms with Crippen LogP contribution in [0, 0.1) is 18.3 Å². The number of nitriles is 1. The molecule has 4 nitrogen and oxygen atoms in total. The Labute approximate surface area is 113 Å².